The van der Waals surface area contributed by atoms with E-state index in [2.05, 4.69) is 10.3 Å². The fourth-order valence-electron chi connectivity index (χ4n) is 1.25. The van der Waals surface area contributed by atoms with E-state index in [0.29, 0.717) is 0 Å². The summed E-state index contributed by atoms with van der Waals surface area (Å²) >= 11 is 0. The van der Waals surface area contributed by atoms with Gasteiger partial charge in [0.25, 0.3) is 0 Å². The van der Waals surface area contributed by atoms with Gasteiger partial charge in [-0.25, -0.2) is 0 Å². The van der Waals surface area contributed by atoms with Crippen LogP contribution in [0, 0.1) is 5.92 Å². The van der Waals surface area contributed by atoms with Crippen LogP contribution in [0.5, 0.6) is 0 Å². The molecule has 74 valence electrons. The van der Waals surface area contributed by atoms with Gasteiger partial charge in [-0.1, -0.05) is 5.21 Å². The third kappa shape index (κ3) is 2.52. The van der Waals surface area contributed by atoms with E-state index >= 15 is 0 Å². The van der Waals surface area contributed by atoms with Crippen molar-refractivity contribution in [2.75, 3.05) is 0 Å². The van der Waals surface area contributed by atoms with Crippen LogP contribution in [0.15, 0.2) is 12.3 Å². The number of carbonyl (C=O) groups is 1. The minimum Gasteiger partial charge on any atom is -0.295 e. The number of ketones is 1. The molecule has 0 unspecified atom stereocenters. The van der Waals surface area contributed by atoms with E-state index in [1.165, 1.54) is 25.8 Å². The first-order chi connectivity index (χ1) is 6.74. The number of aromatic nitrogens is 3. The van der Waals surface area contributed by atoms with Crippen LogP contribution in [-0.4, -0.2) is 20.8 Å². The number of hydrogen-bond acceptors (Lipinski definition) is 3. The quantitative estimate of drug-likeness (QED) is 0.674. The van der Waals surface area contributed by atoms with Crippen molar-refractivity contribution in [3.63, 3.8) is 0 Å². The van der Waals surface area contributed by atoms with Crippen molar-refractivity contribution in [3.8, 4) is 0 Å². The topological polar surface area (TPSA) is 47.8 Å². The molecule has 1 aliphatic rings. The zero-order chi connectivity index (χ0) is 9.97. The Labute approximate surface area is 82.6 Å². The molecule has 1 saturated carbocycles. The molecule has 4 heteroatoms. The highest BCUT2D eigenvalue weighted by molar-refractivity contribution is 5.91. The zero-order valence-electron chi connectivity index (χ0n) is 8.18. The summed E-state index contributed by atoms with van der Waals surface area (Å²) in [5.74, 6) is 0.822. The smallest absolute Gasteiger partial charge is 0.152 e. The lowest BCUT2D eigenvalue weighted by atomic mass is 10.3. The first kappa shape index (κ1) is 9.12. The number of rotatable bonds is 4. The molecule has 1 aromatic rings. The first-order valence-corrected chi connectivity index (χ1v) is 4.83. The molecule has 4 nitrogen and oxygen atoms in total. The summed E-state index contributed by atoms with van der Waals surface area (Å²) in [6, 6.07) is 0. The number of hydrogen-bond donors (Lipinski definition) is 0. The van der Waals surface area contributed by atoms with E-state index in [4.69, 9.17) is 0 Å². The summed E-state index contributed by atoms with van der Waals surface area (Å²) in [6.07, 6.45) is 7.68. The summed E-state index contributed by atoms with van der Waals surface area (Å²) in [5, 5.41) is 7.92. The van der Waals surface area contributed by atoms with Gasteiger partial charge in [0, 0.05) is 6.54 Å². The normalized spacial score (nSPS) is 16.4. The van der Waals surface area contributed by atoms with Gasteiger partial charge in [-0.2, -0.15) is 0 Å². The second kappa shape index (κ2) is 3.74. The van der Waals surface area contributed by atoms with E-state index in [0.717, 1.165) is 18.2 Å². The van der Waals surface area contributed by atoms with Crippen LogP contribution in [0.2, 0.25) is 0 Å². The molecule has 1 aromatic heterocycles. The minimum absolute atomic E-state index is 0.0294. The number of carbonyl (C=O) groups excluding carboxylic acids is 1. The predicted octanol–water partition coefficient (Wildman–Crippen LogP) is 1.29. The Kier molecular flexibility index (Phi) is 2.43. The van der Waals surface area contributed by atoms with Crippen molar-refractivity contribution in [1.29, 1.82) is 0 Å². The van der Waals surface area contributed by atoms with Gasteiger partial charge in [0.2, 0.25) is 0 Å². The average molecular weight is 191 g/mol. The highest BCUT2D eigenvalue weighted by Gasteiger charge is 2.21. The Hall–Kier alpha value is -1.45. The van der Waals surface area contributed by atoms with Crippen LogP contribution in [-0.2, 0) is 11.3 Å². The van der Waals surface area contributed by atoms with Crippen molar-refractivity contribution < 1.29 is 4.79 Å². The summed E-state index contributed by atoms with van der Waals surface area (Å²) in [5.41, 5.74) is 0.751. The first-order valence-electron chi connectivity index (χ1n) is 4.83. The fourth-order valence-corrected chi connectivity index (χ4v) is 1.25. The van der Waals surface area contributed by atoms with Gasteiger partial charge in [0.1, 0.15) is 5.69 Å². The second-order valence-electron chi connectivity index (χ2n) is 3.75. The Bertz CT molecular complexity index is 363. The Morgan fingerprint density at radius 2 is 2.50 bits per heavy atom. The van der Waals surface area contributed by atoms with Crippen molar-refractivity contribution in [3.05, 3.63) is 18.0 Å². The van der Waals surface area contributed by atoms with E-state index in [-0.39, 0.29) is 5.78 Å². The second-order valence-corrected chi connectivity index (χ2v) is 3.75. The molecule has 0 N–H and O–H groups in total. The van der Waals surface area contributed by atoms with Gasteiger partial charge in [-0.15, -0.1) is 5.10 Å². The molecule has 0 aliphatic heterocycles. The van der Waals surface area contributed by atoms with Crippen molar-refractivity contribution in [1.82, 2.24) is 15.0 Å². The minimum atomic E-state index is 0.0294. The van der Waals surface area contributed by atoms with Crippen molar-refractivity contribution >= 4 is 11.9 Å². The highest BCUT2D eigenvalue weighted by atomic mass is 16.1. The van der Waals surface area contributed by atoms with Gasteiger partial charge in [-0.05, 0) is 37.8 Å². The number of nitrogens with zero attached hydrogens (tertiary/aromatic N) is 3. The van der Waals surface area contributed by atoms with Gasteiger partial charge in [0.15, 0.2) is 5.78 Å². The molecular weight excluding hydrogens is 178 g/mol. The highest BCUT2D eigenvalue weighted by Crippen LogP contribution is 2.30. The molecule has 1 heterocycles. The summed E-state index contributed by atoms with van der Waals surface area (Å²) in [4.78, 5) is 10.7. The zero-order valence-corrected chi connectivity index (χ0v) is 8.18. The molecule has 0 spiro atoms. The summed E-state index contributed by atoms with van der Waals surface area (Å²) < 4.78 is 1.84. The molecule has 0 atom stereocenters. The SMILES string of the molecule is CC(=O)/C=C/c1cn(CC2CC2)nn1. The third-order valence-electron chi connectivity index (χ3n) is 2.19. The van der Waals surface area contributed by atoms with Crippen LogP contribution in [0.1, 0.15) is 25.5 Å². The molecule has 0 radical (unpaired) electrons. The van der Waals surface area contributed by atoms with Gasteiger partial charge < -0.3 is 0 Å². The molecule has 0 bridgehead atoms. The van der Waals surface area contributed by atoms with E-state index < -0.39 is 0 Å². The van der Waals surface area contributed by atoms with Crippen LogP contribution < -0.4 is 0 Å². The summed E-state index contributed by atoms with van der Waals surface area (Å²) in [6.45, 7) is 2.48. The molecule has 14 heavy (non-hydrogen) atoms. The summed E-state index contributed by atoms with van der Waals surface area (Å²) in [7, 11) is 0. The lowest BCUT2D eigenvalue weighted by Crippen LogP contribution is -1.99. The van der Waals surface area contributed by atoms with E-state index in [9.17, 15) is 4.79 Å². The van der Waals surface area contributed by atoms with Gasteiger partial charge in [0.05, 0.1) is 6.20 Å². The Morgan fingerprint density at radius 3 is 3.14 bits per heavy atom. The van der Waals surface area contributed by atoms with Crippen molar-refractivity contribution in [2.24, 2.45) is 5.92 Å². The van der Waals surface area contributed by atoms with Gasteiger partial charge in [-0.3, -0.25) is 9.48 Å². The van der Waals surface area contributed by atoms with Crippen LogP contribution in [0.3, 0.4) is 0 Å². The number of allylic oxidation sites excluding steroid dienone is 1. The maximum Gasteiger partial charge on any atom is 0.152 e. The maximum absolute atomic E-state index is 10.7. The van der Waals surface area contributed by atoms with Crippen LogP contribution in [0.25, 0.3) is 6.08 Å². The lowest BCUT2D eigenvalue weighted by Gasteiger charge is -1.93. The van der Waals surface area contributed by atoms with Crippen LogP contribution in [0.4, 0.5) is 0 Å². The molecule has 1 aliphatic carbocycles. The molecule has 1 fully saturated rings. The largest absolute Gasteiger partial charge is 0.295 e. The maximum atomic E-state index is 10.7. The molecule has 0 amide bonds. The average Bonchev–Trinajstić information content (AvgIpc) is 2.81. The third-order valence-corrected chi connectivity index (χ3v) is 2.19. The van der Waals surface area contributed by atoms with Gasteiger partial charge >= 0.3 is 0 Å². The predicted molar refractivity (Wildman–Crippen MR) is 52.5 cm³/mol. The lowest BCUT2D eigenvalue weighted by molar-refractivity contribution is -0.112. The molecule has 0 aromatic carbocycles. The van der Waals surface area contributed by atoms with E-state index in [1.54, 1.807) is 6.08 Å². The molecule has 0 saturated heterocycles. The fraction of sp³-hybridized carbons (Fsp3) is 0.500. The standard InChI is InChI=1S/C10H13N3O/c1-8(14)2-5-10-7-13(12-11-10)6-9-3-4-9/h2,5,7,9H,3-4,6H2,1H3/b5-2+. The van der Waals surface area contributed by atoms with E-state index in [1.807, 2.05) is 10.9 Å². The monoisotopic (exact) mass is 191 g/mol. The Morgan fingerprint density at radius 1 is 1.71 bits per heavy atom. The Balaban J connectivity index is 1.97. The van der Waals surface area contributed by atoms with Crippen LogP contribution >= 0.6 is 0 Å². The molecule has 2 rings (SSSR count). The molecular formula is C10H13N3O. The van der Waals surface area contributed by atoms with Crippen molar-refractivity contribution in [2.45, 2.75) is 26.3 Å².